The van der Waals surface area contributed by atoms with Crippen molar-refractivity contribution in [1.29, 1.82) is 0 Å². The van der Waals surface area contributed by atoms with E-state index >= 15 is 0 Å². The van der Waals surface area contributed by atoms with Gasteiger partial charge in [0.15, 0.2) is 5.79 Å². The third kappa shape index (κ3) is 5.20. The number of hydrogen-bond donors (Lipinski definition) is 1. The zero-order chi connectivity index (χ0) is 20.3. The van der Waals surface area contributed by atoms with Gasteiger partial charge in [-0.05, 0) is 69.1 Å². The summed E-state index contributed by atoms with van der Waals surface area (Å²) >= 11 is 1.69. The first-order chi connectivity index (χ1) is 14.0. The Kier molecular flexibility index (Phi) is 6.92. The highest BCUT2D eigenvalue weighted by atomic mass is 32.2. The van der Waals surface area contributed by atoms with Crippen LogP contribution in [0.2, 0.25) is 0 Å². The minimum atomic E-state index is -0.374. The van der Waals surface area contributed by atoms with Gasteiger partial charge in [0.05, 0.1) is 18.2 Å². The normalized spacial score (nSPS) is 30.4. The molecule has 1 spiro atoms. The zero-order valence-corrected chi connectivity index (χ0v) is 18.8. The maximum Gasteiger partial charge on any atom is 0.322 e. The molecule has 2 aliphatic carbocycles. The van der Waals surface area contributed by atoms with E-state index in [0.29, 0.717) is 19.3 Å². The summed E-state index contributed by atoms with van der Waals surface area (Å²) in [6.45, 7) is 5.86. The molecular formula is C23H36N2O3S. The average Bonchev–Trinajstić information content (AvgIpc) is 3.06. The largest absolute Gasteiger partial charge is 0.348 e. The maximum atomic E-state index is 13.5. The molecular weight excluding hydrogens is 384 g/mol. The standard InChI is InChI=1S/C23H36N2O3S/c1-17-7-9-19(10-8-17)25(20-11-13-23(14-12-20)27-15-16-28-23)22(26)24-21-6-4-3-5-18(2)29-21/h5-6,17,19-20H,3-4,7-16H2,1-2H3,(H,24,26). The van der Waals surface area contributed by atoms with E-state index in [4.69, 9.17) is 9.47 Å². The quantitative estimate of drug-likeness (QED) is 0.652. The maximum absolute atomic E-state index is 13.5. The fourth-order valence-electron chi connectivity index (χ4n) is 5.26. The van der Waals surface area contributed by atoms with Crippen molar-refractivity contribution in [2.45, 2.75) is 95.9 Å². The molecule has 2 aliphatic heterocycles. The lowest BCUT2D eigenvalue weighted by Crippen LogP contribution is -2.54. The highest BCUT2D eigenvalue weighted by Gasteiger charge is 2.44. The summed E-state index contributed by atoms with van der Waals surface area (Å²) in [4.78, 5) is 17.0. The van der Waals surface area contributed by atoms with Crippen LogP contribution in [0.3, 0.4) is 0 Å². The molecule has 3 fully saturated rings. The minimum Gasteiger partial charge on any atom is -0.348 e. The van der Waals surface area contributed by atoms with Crippen molar-refractivity contribution >= 4 is 17.8 Å². The van der Waals surface area contributed by atoms with Crippen LogP contribution in [0, 0.1) is 5.92 Å². The average molecular weight is 421 g/mol. The Morgan fingerprint density at radius 1 is 1.03 bits per heavy atom. The molecule has 2 saturated carbocycles. The smallest absolute Gasteiger partial charge is 0.322 e. The lowest BCUT2D eigenvalue weighted by Gasteiger charge is -2.45. The van der Waals surface area contributed by atoms with Gasteiger partial charge in [-0.2, -0.15) is 0 Å². The number of rotatable bonds is 3. The molecule has 6 heteroatoms. The first-order valence-electron chi connectivity index (χ1n) is 11.5. The summed E-state index contributed by atoms with van der Waals surface area (Å²) < 4.78 is 11.8. The van der Waals surface area contributed by atoms with Crippen molar-refractivity contribution in [3.63, 3.8) is 0 Å². The summed E-state index contributed by atoms with van der Waals surface area (Å²) in [5, 5.41) is 4.25. The molecule has 162 valence electrons. The molecule has 5 nitrogen and oxygen atoms in total. The van der Waals surface area contributed by atoms with Crippen LogP contribution in [0.4, 0.5) is 4.79 Å². The van der Waals surface area contributed by atoms with E-state index in [2.05, 4.69) is 36.2 Å². The van der Waals surface area contributed by atoms with Crippen LogP contribution < -0.4 is 5.32 Å². The van der Waals surface area contributed by atoms with Gasteiger partial charge in [0, 0.05) is 24.9 Å². The molecule has 4 rings (SSSR count). The molecule has 0 unspecified atom stereocenters. The van der Waals surface area contributed by atoms with E-state index in [-0.39, 0.29) is 17.9 Å². The van der Waals surface area contributed by atoms with Gasteiger partial charge >= 0.3 is 6.03 Å². The number of nitrogens with one attached hydrogen (secondary N) is 1. The number of ether oxygens (including phenoxy) is 2. The molecule has 0 aromatic carbocycles. The van der Waals surface area contributed by atoms with Crippen LogP contribution in [0.25, 0.3) is 0 Å². The second kappa shape index (κ2) is 9.44. The van der Waals surface area contributed by atoms with Crippen LogP contribution in [-0.2, 0) is 9.47 Å². The van der Waals surface area contributed by atoms with Gasteiger partial charge < -0.3 is 19.7 Å². The summed E-state index contributed by atoms with van der Waals surface area (Å²) in [5.41, 5.74) is 0. The van der Waals surface area contributed by atoms with Gasteiger partial charge in [0.2, 0.25) is 0 Å². The molecule has 0 atom stereocenters. The molecule has 1 N–H and O–H groups in total. The number of thioether (sulfide) groups is 1. The molecule has 2 amide bonds. The topological polar surface area (TPSA) is 50.8 Å². The molecule has 0 bridgehead atoms. The predicted molar refractivity (Wildman–Crippen MR) is 117 cm³/mol. The third-order valence-corrected chi connectivity index (χ3v) is 7.94. The number of amides is 2. The first-order valence-corrected chi connectivity index (χ1v) is 12.3. The summed E-state index contributed by atoms with van der Waals surface area (Å²) in [6.07, 6.45) is 14.9. The summed E-state index contributed by atoms with van der Waals surface area (Å²) in [7, 11) is 0. The molecule has 29 heavy (non-hydrogen) atoms. The van der Waals surface area contributed by atoms with Crippen LogP contribution in [0.5, 0.6) is 0 Å². The van der Waals surface area contributed by atoms with Crippen molar-refractivity contribution in [3.05, 3.63) is 22.1 Å². The Labute approximate surface area is 179 Å². The summed E-state index contributed by atoms with van der Waals surface area (Å²) in [6, 6.07) is 0.718. The number of carbonyl (C=O) groups excluding carboxylic acids is 1. The Morgan fingerprint density at radius 2 is 1.66 bits per heavy atom. The third-order valence-electron chi connectivity index (χ3n) is 6.97. The van der Waals surface area contributed by atoms with Gasteiger partial charge in [-0.15, -0.1) is 0 Å². The molecule has 0 radical (unpaired) electrons. The predicted octanol–water partition coefficient (Wildman–Crippen LogP) is 5.53. The van der Waals surface area contributed by atoms with Crippen molar-refractivity contribution in [2.24, 2.45) is 5.92 Å². The molecule has 2 heterocycles. The van der Waals surface area contributed by atoms with E-state index in [0.717, 1.165) is 62.3 Å². The molecule has 0 aromatic rings. The van der Waals surface area contributed by atoms with E-state index < -0.39 is 0 Å². The van der Waals surface area contributed by atoms with Crippen LogP contribution in [-0.4, -0.2) is 42.0 Å². The highest BCUT2D eigenvalue weighted by Crippen LogP contribution is 2.39. The minimum absolute atomic E-state index is 0.0900. The number of hydrogen-bond acceptors (Lipinski definition) is 4. The van der Waals surface area contributed by atoms with Crippen molar-refractivity contribution < 1.29 is 14.3 Å². The van der Waals surface area contributed by atoms with Gasteiger partial charge in [0.1, 0.15) is 0 Å². The SMILES string of the molecule is CC1=CCCC=C(NC(=O)N(C2CCC(C)CC2)C2CCC3(CC2)OCCO3)S1. The van der Waals surface area contributed by atoms with E-state index in [1.54, 1.807) is 11.8 Å². The van der Waals surface area contributed by atoms with Crippen LogP contribution >= 0.6 is 11.8 Å². The second-order valence-electron chi connectivity index (χ2n) is 9.15. The van der Waals surface area contributed by atoms with E-state index in [1.165, 1.54) is 17.7 Å². The molecule has 0 aromatic heterocycles. The summed E-state index contributed by atoms with van der Waals surface area (Å²) in [5.74, 6) is 0.403. The highest BCUT2D eigenvalue weighted by molar-refractivity contribution is 8.06. The van der Waals surface area contributed by atoms with Gasteiger partial charge in [-0.3, -0.25) is 0 Å². The number of urea groups is 1. The first kappa shape index (κ1) is 21.3. The molecule has 1 saturated heterocycles. The Bertz CT molecular complexity index is 639. The zero-order valence-electron chi connectivity index (χ0n) is 18.0. The Morgan fingerprint density at radius 3 is 2.34 bits per heavy atom. The van der Waals surface area contributed by atoms with Crippen LogP contribution in [0.15, 0.2) is 22.1 Å². The van der Waals surface area contributed by atoms with Gasteiger partial charge in [-0.1, -0.05) is 30.8 Å². The lowest BCUT2D eigenvalue weighted by atomic mass is 9.83. The fraction of sp³-hybridized carbons (Fsp3) is 0.783. The Balaban J connectivity index is 1.45. The van der Waals surface area contributed by atoms with Crippen LogP contribution in [0.1, 0.15) is 78.1 Å². The van der Waals surface area contributed by atoms with Gasteiger partial charge in [0.25, 0.3) is 0 Å². The fourth-order valence-corrected chi connectivity index (χ4v) is 6.15. The van der Waals surface area contributed by atoms with Crippen molar-refractivity contribution in [2.75, 3.05) is 13.2 Å². The van der Waals surface area contributed by atoms with Crippen molar-refractivity contribution in [1.82, 2.24) is 10.2 Å². The number of carbonyl (C=O) groups is 1. The van der Waals surface area contributed by atoms with Gasteiger partial charge in [-0.25, -0.2) is 4.79 Å². The van der Waals surface area contributed by atoms with Crippen molar-refractivity contribution in [3.8, 4) is 0 Å². The Hall–Kier alpha value is -0.980. The lowest BCUT2D eigenvalue weighted by molar-refractivity contribution is -0.183. The number of allylic oxidation sites excluding steroid dienone is 3. The second-order valence-corrected chi connectivity index (χ2v) is 10.4. The number of nitrogens with zero attached hydrogens (tertiary/aromatic N) is 1. The molecule has 4 aliphatic rings. The monoisotopic (exact) mass is 420 g/mol. The van der Waals surface area contributed by atoms with E-state index in [1.807, 2.05) is 0 Å². The van der Waals surface area contributed by atoms with E-state index in [9.17, 15) is 4.79 Å².